The molecule has 0 radical (unpaired) electrons. The van der Waals surface area contributed by atoms with Gasteiger partial charge in [-0.1, -0.05) is 47.7 Å². The van der Waals surface area contributed by atoms with Crippen LogP contribution in [0.1, 0.15) is 29.7 Å². The van der Waals surface area contributed by atoms with Crippen molar-refractivity contribution in [3.63, 3.8) is 0 Å². The van der Waals surface area contributed by atoms with Crippen LogP contribution < -0.4 is 25.4 Å². The highest BCUT2D eigenvalue weighted by atomic mass is 32.2. The number of nitrogens with zero attached hydrogens (tertiary/aromatic N) is 1. The van der Waals surface area contributed by atoms with Gasteiger partial charge in [0.25, 0.3) is 5.91 Å². The third-order valence-corrected chi connectivity index (χ3v) is 7.11. The summed E-state index contributed by atoms with van der Waals surface area (Å²) in [7, 11) is 3.15. The van der Waals surface area contributed by atoms with Gasteiger partial charge in [0.1, 0.15) is 17.5 Å². The van der Waals surface area contributed by atoms with Gasteiger partial charge in [-0.15, -0.1) is 0 Å². The molecular formula is C30H32N4O4S. The fraction of sp³-hybridized carbons (Fsp3) is 0.233. The summed E-state index contributed by atoms with van der Waals surface area (Å²) in [4.78, 5) is 31.1. The van der Waals surface area contributed by atoms with Crippen molar-refractivity contribution in [2.24, 2.45) is 4.99 Å². The first kappa shape index (κ1) is 27.8. The van der Waals surface area contributed by atoms with Gasteiger partial charge in [0.05, 0.1) is 25.5 Å². The lowest BCUT2D eigenvalue weighted by Crippen LogP contribution is -2.33. The van der Waals surface area contributed by atoms with Gasteiger partial charge in [0.15, 0.2) is 5.17 Å². The number of allylic oxidation sites excluding steroid dienone is 1. The largest absolute Gasteiger partial charge is 0.497 e. The van der Waals surface area contributed by atoms with E-state index in [4.69, 9.17) is 14.5 Å². The SMILES string of the molecule is COc1ccc([C@H]2N=C(SCC(=O)Nc3ccc(C)cc3C)NC(C)=C2C(=O)Nc2ccccc2)c(OC)c1. The van der Waals surface area contributed by atoms with Gasteiger partial charge in [0.2, 0.25) is 5.91 Å². The first-order valence-electron chi connectivity index (χ1n) is 12.4. The Labute approximate surface area is 232 Å². The van der Waals surface area contributed by atoms with E-state index in [0.29, 0.717) is 39.2 Å². The average molecular weight is 545 g/mol. The number of hydrogen-bond donors (Lipinski definition) is 3. The zero-order valence-electron chi connectivity index (χ0n) is 22.6. The monoisotopic (exact) mass is 544 g/mol. The van der Waals surface area contributed by atoms with Crippen molar-refractivity contribution in [1.82, 2.24) is 5.32 Å². The Morgan fingerprint density at radius 1 is 0.949 bits per heavy atom. The van der Waals surface area contributed by atoms with Gasteiger partial charge in [-0.2, -0.15) is 0 Å². The Morgan fingerprint density at radius 2 is 1.72 bits per heavy atom. The number of amides is 2. The average Bonchev–Trinajstić information content (AvgIpc) is 2.93. The van der Waals surface area contributed by atoms with E-state index >= 15 is 0 Å². The van der Waals surface area contributed by atoms with Crippen molar-refractivity contribution in [1.29, 1.82) is 0 Å². The van der Waals surface area contributed by atoms with Crippen LogP contribution >= 0.6 is 11.8 Å². The Morgan fingerprint density at radius 3 is 2.41 bits per heavy atom. The number of anilines is 2. The lowest BCUT2D eigenvalue weighted by Gasteiger charge is -2.27. The van der Waals surface area contributed by atoms with E-state index in [1.54, 1.807) is 20.3 Å². The fourth-order valence-corrected chi connectivity index (χ4v) is 5.02. The topological polar surface area (TPSA) is 101 Å². The molecule has 0 saturated heterocycles. The molecule has 1 aliphatic heterocycles. The van der Waals surface area contributed by atoms with Crippen LogP contribution in [0.25, 0.3) is 0 Å². The Kier molecular flexibility index (Phi) is 8.93. The minimum absolute atomic E-state index is 0.143. The molecule has 0 aliphatic carbocycles. The Hall–Kier alpha value is -4.24. The van der Waals surface area contributed by atoms with E-state index < -0.39 is 6.04 Å². The third kappa shape index (κ3) is 6.80. The van der Waals surface area contributed by atoms with E-state index in [0.717, 1.165) is 16.8 Å². The van der Waals surface area contributed by atoms with Gasteiger partial charge < -0.3 is 25.4 Å². The molecule has 1 atom stereocenters. The minimum Gasteiger partial charge on any atom is -0.497 e. The highest BCUT2D eigenvalue weighted by Gasteiger charge is 2.32. The second-order valence-corrected chi connectivity index (χ2v) is 10.0. The van der Waals surface area contributed by atoms with Gasteiger partial charge in [-0.3, -0.25) is 9.59 Å². The number of ether oxygens (including phenoxy) is 2. The number of nitrogens with one attached hydrogen (secondary N) is 3. The summed E-state index contributed by atoms with van der Waals surface area (Å²) in [5.74, 6) is 0.880. The first-order chi connectivity index (χ1) is 18.8. The van der Waals surface area contributed by atoms with Crippen LogP contribution in [0.2, 0.25) is 0 Å². The van der Waals surface area contributed by atoms with Crippen molar-refractivity contribution in [3.8, 4) is 11.5 Å². The number of carbonyl (C=O) groups is 2. The number of amidine groups is 1. The summed E-state index contributed by atoms with van der Waals surface area (Å²) >= 11 is 1.27. The summed E-state index contributed by atoms with van der Waals surface area (Å²) in [5.41, 5.74) is 5.38. The van der Waals surface area contributed by atoms with E-state index in [2.05, 4.69) is 16.0 Å². The second-order valence-electron chi connectivity index (χ2n) is 9.08. The van der Waals surface area contributed by atoms with Crippen LogP contribution in [0.3, 0.4) is 0 Å². The van der Waals surface area contributed by atoms with Crippen molar-refractivity contribution in [2.75, 3.05) is 30.6 Å². The van der Waals surface area contributed by atoms with E-state index in [1.807, 2.05) is 81.4 Å². The third-order valence-electron chi connectivity index (χ3n) is 6.23. The van der Waals surface area contributed by atoms with Crippen LogP contribution in [0.4, 0.5) is 11.4 Å². The van der Waals surface area contributed by atoms with Crippen LogP contribution in [0, 0.1) is 13.8 Å². The lowest BCUT2D eigenvalue weighted by molar-refractivity contribution is -0.114. The summed E-state index contributed by atoms with van der Waals surface area (Å²) in [5, 5.41) is 9.67. The molecule has 0 saturated carbocycles. The number of hydrogen-bond acceptors (Lipinski definition) is 7. The van der Waals surface area contributed by atoms with Crippen molar-refractivity contribution < 1.29 is 19.1 Å². The van der Waals surface area contributed by atoms with Crippen molar-refractivity contribution in [2.45, 2.75) is 26.8 Å². The molecule has 4 rings (SSSR count). The maximum Gasteiger partial charge on any atom is 0.255 e. The molecule has 0 spiro atoms. The number of carbonyl (C=O) groups excluding carboxylic acids is 2. The number of methoxy groups -OCH3 is 2. The first-order valence-corrected chi connectivity index (χ1v) is 13.4. The van der Waals surface area contributed by atoms with Gasteiger partial charge in [0, 0.05) is 28.7 Å². The van der Waals surface area contributed by atoms with Gasteiger partial charge >= 0.3 is 0 Å². The van der Waals surface area contributed by atoms with Crippen molar-refractivity contribution >= 4 is 40.1 Å². The molecule has 3 aromatic carbocycles. The predicted octanol–water partition coefficient (Wildman–Crippen LogP) is 5.61. The maximum absolute atomic E-state index is 13.5. The zero-order valence-corrected chi connectivity index (χ0v) is 23.4. The quantitative estimate of drug-likeness (QED) is 0.341. The fourth-order valence-electron chi connectivity index (χ4n) is 4.28. The Balaban J connectivity index is 1.60. The second kappa shape index (κ2) is 12.5. The normalized spacial score (nSPS) is 14.7. The number of rotatable bonds is 8. The molecule has 1 aliphatic rings. The molecular weight excluding hydrogens is 512 g/mol. The molecule has 9 heteroatoms. The highest BCUT2D eigenvalue weighted by molar-refractivity contribution is 8.14. The molecule has 0 aromatic heterocycles. The Bertz CT molecular complexity index is 1440. The number of aryl methyl sites for hydroxylation is 2. The molecule has 8 nitrogen and oxygen atoms in total. The van der Waals surface area contributed by atoms with Gasteiger partial charge in [-0.05, 0) is 56.7 Å². The number of thioether (sulfide) groups is 1. The van der Waals surface area contributed by atoms with E-state index in [-0.39, 0.29) is 17.6 Å². The van der Waals surface area contributed by atoms with Crippen molar-refractivity contribution in [3.05, 3.63) is 94.7 Å². The van der Waals surface area contributed by atoms with Crippen LogP contribution in [0.15, 0.2) is 83.0 Å². The molecule has 0 bridgehead atoms. The minimum atomic E-state index is -0.666. The molecule has 3 N–H and O–H groups in total. The molecule has 1 heterocycles. The summed E-state index contributed by atoms with van der Waals surface area (Å²) in [6.45, 7) is 5.80. The molecule has 0 unspecified atom stereocenters. The van der Waals surface area contributed by atoms with E-state index in [1.165, 1.54) is 11.8 Å². The number of benzene rings is 3. The molecule has 3 aromatic rings. The van der Waals surface area contributed by atoms with Crippen LogP contribution in [-0.4, -0.2) is 37.0 Å². The lowest BCUT2D eigenvalue weighted by atomic mass is 9.95. The number of para-hydroxylation sites is 1. The zero-order chi connectivity index (χ0) is 27.9. The number of aliphatic imine (C=N–C) groups is 1. The van der Waals surface area contributed by atoms with Gasteiger partial charge in [-0.25, -0.2) is 4.99 Å². The molecule has 2 amide bonds. The van der Waals surface area contributed by atoms with Crippen LogP contribution in [-0.2, 0) is 9.59 Å². The standard InChI is InChI=1S/C30H32N4O4S/c1-18-11-14-24(19(2)15-18)33-26(35)17-39-30-31-20(3)27(29(36)32-21-9-7-6-8-10-21)28(34-30)23-13-12-22(37-4)16-25(23)38-5/h6-16,28H,17H2,1-5H3,(H,31,34)(H,32,36)(H,33,35)/t28-/m1/s1. The predicted molar refractivity (Wildman–Crippen MR) is 158 cm³/mol. The highest BCUT2D eigenvalue weighted by Crippen LogP contribution is 2.39. The smallest absolute Gasteiger partial charge is 0.255 e. The maximum atomic E-state index is 13.5. The summed E-state index contributed by atoms with van der Waals surface area (Å²) in [6.07, 6.45) is 0. The summed E-state index contributed by atoms with van der Waals surface area (Å²) in [6, 6.07) is 19.9. The summed E-state index contributed by atoms with van der Waals surface area (Å²) < 4.78 is 11.0. The molecule has 39 heavy (non-hydrogen) atoms. The van der Waals surface area contributed by atoms with Crippen LogP contribution in [0.5, 0.6) is 11.5 Å². The van der Waals surface area contributed by atoms with E-state index in [9.17, 15) is 9.59 Å². The molecule has 0 fully saturated rings. The molecule has 202 valence electrons.